The lowest BCUT2D eigenvalue weighted by atomic mass is 10.0. The van der Waals surface area contributed by atoms with Crippen LogP contribution in [0.5, 0.6) is 5.75 Å². The van der Waals surface area contributed by atoms with E-state index in [1.807, 2.05) is 6.07 Å². The summed E-state index contributed by atoms with van der Waals surface area (Å²) >= 11 is 4.77. The fraction of sp³-hybridized carbons (Fsp3) is 0.111. The molecule has 1 aliphatic heterocycles. The lowest BCUT2D eigenvalue weighted by Gasteiger charge is -2.33. The lowest BCUT2D eigenvalue weighted by molar-refractivity contribution is 0.355. The Labute approximate surface area is 163 Å². The fourth-order valence-electron chi connectivity index (χ4n) is 2.98. The number of thiophene rings is 1. The molecule has 1 atom stereocenters. The highest BCUT2D eigenvalue weighted by Gasteiger charge is 2.40. The van der Waals surface area contributed by atoms with Crippen molar-refractivity contribution in [2.75, 3.05) is 11.4 Å². The predicted octanol–water partition coefficient (Wildman–Crippen LogP) is 5.36. The summed E-state index contributed by atoms with van der Waals surface area (Å²) in [5, 5.41) is 0. The van der Waals surface area contributed by atoms with Gasteiger partial charge in [-0.25, -0.2) is 17.1 Å². The Hall–Kier alpha value is -1.90. The maximum absolute atomic E-state index is 15.4. The zero-order chi connectivity index (χ0) is 18.5. The molecule has 1 aliphatic rings. The summed E-state index contributed by atoms with van der Waals surface area (Å²) in [4.78, 5) is 0.729. The van der Waals surface area contributed by atoms with Gasteiger partial charge < -0.3 is 4.74 Å². The van der Waals surface area contributed by atoms with E-state index < -0.39 is 16.3 Å². The van der Waals surface area contributed by atoms with Crippen LogP contribution >= 0.6 is 27.3 Å². The molecule has 0 radical (unpaired) electrons. The van der Waals surface area contributed by atoms with Gasteiger partial charge in [-0.1, -0.05) is 24.3 Å². The maximum Gasteiger partial charge on any atom is 0.267 e. The SMILES string of the molecule is COc1ccc(S(=O)(=O)N2c3cc(Br)sc3-c3ccccc3[C@@H]2F)cc1. The number of sulfonamides is 1. The van der Waals surface area contributed by atoms with Gasteiger partial charge in [0.25, 0.3) is 10.0 Å². The van der Waals surface area contributed by atoms with E-state index in [4.69, 9.17) is 4.74 Å². The Bertz CT molecular complexity index is 1080. The average molecular weight is 454 g/mol. The molecular formula is C18H13BrFNO3S2. The molecule has 0 saturated carbocycles. The van der Waals surface area contributed by atoms with E-state index in [9.17, 15) is 8.42 Å². The smallest absolute Gasteiger partial charge is 0.267 e. The fourth-order valence-corrected chi connectivity index (χ4v) is 6.13. The van der Waals surface area contributed by atoms with Crippen LogP contribution < -0.4 is 9.04 Å². The number of rotatable bonds is 3. The zero-order valence-electron chi connectivity index (χ0n) is 13.5. The van der Waals surface area contributed by atoms with Gasteiger partial charge in [0, 0.05) is 11.1 Å². The molecule has 4 rings (SSSR count). The molecule has 8 heteroatoms. The van der Waals surface area contributed by atoms with Crippen LogP contribution in [-0.2, 0) is 10.0 Å². The number of benzene rings is 2. The Morgan fingerprint density at radius 2 is 1.85 bits per heavy atom. The van der Waals surface area contributed by atoms with Crippen molar-refractivity contribution in [2.24, 2.45) is 0 Å². The number of fused-ring (bicyclic) bond motifs is 3. The quantitative estimate of drug-likeness (QED) is 0.501. The van der Waals surface area contributed by atoms with Crippen molar-refractivity contribution in [3.63, 3.8) is 0 Å². The topological polar surface area (TPSA) is 46.6 Å². The molecule has 2 aromatic carbocycles. The van der Waals surface area contributed by atoms with E-state index in [-0.39, 0.29) is 4.90 Å². The van der Waals surface area contributed by atoms with Crippen LogP contribution in [-0.4, -0.2) is 15.5 Å². The Morgan fingerprint density at radius 3 is 2.54 bits per heavy atom. The van der Waals surface area contributed by atoms with Crippen LogP contribution in [0.2, 0.25) is 0 Å². The molecule has 2 heterocycles. The van der Waals surface area contributed by atoms with Crippen LogP contribution in [0.3, 0.4) is 0 Å². The van der Waals surface area contributed by atoms with E-state index in [0.717, 1.165) is 13.0 Å². The van der Waals surface area contributed by atoms with Crippen molar-refractivity contribution in [3.8, 4) is 16.2 Å². The van der Waals surface area contributed by atoms with Crippen molar-refractivity contribution in [1.82, 2.24) is 0 Å². The minimum absolute atomic E-state index is 0.00797. The molecule has 0 N–H and O–H groups in total. The molecule has 3 aromatic rings. The van der Waals surface area contributed by atoms with Crippen molar-refractivity contribution in [3.05, 3.63) is 63.9 Å². The number of alkyl halides is 1. The van der Waals surface area contributed by atoms with Crippen LogP contribution in [0, 0.1) is 0 Å². The van der Waals surface area contributed by atoms with Crippen LogP contribution in [0.15, 0.2) is 63.3 Å². The lowest BCUT2D eigenvalue weighted by Crippen LogP contribution is -2.35. The number of methoxy groups -OCH3 is 1. The minimum atomic E-state index is -4.09. The van der Waals surface area contributed by atoms with Crippen molar-refractivity contribution < 1.29 is 17.5 Å². The second-order valence-corrected chi connectivity index (χ2v) is 9.91. The first-order valence-electron chi connectivity index (χ1n) is 7.64. The number of halogens is 2. The molecule has 0 aliphatic carbocycles. The van der Waals surface area contributed by atoms with Crippen molar-refractivity contribution in [1.29, 1.82) is 0 Å². The van der Waals surface area contributed by atoms with E-state index in [1.54, 1.807) is 36.4 Å². The van der Waals surface area contributed by atoms with E-state index in [2.05, 4.69) is 15.9 Å². The van der Waals surface area contributed by atoms with E-state index in [1.165, 1.54) is 30.6 Å². The van der Waals surface area contributed by atoms with Gasteiger partial charge in [0.1, 0.15) is 5.75 Å². The minimum Gasteiger partial charge on any atom is -0.497 e. The highest BCUT2D eigenvalue weighted by Crippen LogP contribution is 2.52. The van der Waals surface area contributed by atoms with Crippen LogP contribution in [0.25, 0.3) is 10.4 Å². The van der Waals surface area contributed by atoms with Gasteiger partial charge in [-0.2, -0.15) is 0 Å². The number of hydrogen-bond donors (Lipinski definition) is 0. The third-order valence-corrected chi connectivity index (χ3v) is 7.63. The molecule has 26 heavy (non-hydrogen) atoms. The summed E-state index contributed by atoms with van der Waals surface area (Å²) in [5.74, 6) is 0.531. The molecule has 0 fully saturated rings. The van der Waals surface area contributed by atoms with Gasteiger partial charge in [-0.3, -0.25) is 0 Å². The molecule has 4 nitrogen and oxygen atoms in total. The standard InChI is InChI=1S/C18H13BrFNO3S2/c1-24-11-6-8-12(9-7-11)26(22,23)21-15-10-16(19)25-17(15)13-4-2-3-5-14(13)18(21)20/h2-10,18H,1H3/t18-/m1/s1. The van der Waals surface area contributed by atoms with Crippen molar-refractivity contribution in [2.45, 2.75) is 11.2 Å². The van der Waals surface area contributed by atoms with Gasteiger partial charge in [0.2, 0.25) is 6.30 Å². The number of anilines is 1. The van der Waals surface area contributed by atoms with Gasteiger partial charge in [0.05, 0.1) is 26.4 Å². The summed E-state index contributed by atoms with van der Waals surface area (Å²) in [6.07, 6.45) is -1.80. The van der Waals surface area contributed by atoms with Gasteiger partial charge in [0.15, 0.2) is 0 Å². The predicted molar refractivity (Wildman–Crippen MR) is 104 cm³/mol. The third-order valence-electron chi connectivity index (χ3n) is 4.20. The molecule has 0 spiro atoms. The first kappa shape index (κ1) is 17.5. The first-order valence-corrected chi connectivity index (χ1v) is 10.7. The first-order chi connectivity index (χ1) is 12.4. The molecule has 0 unspecified atom stereocenters. The highest BCUT2D eigenvalue weighted by molar-refractivity contribution is 9.11. The highest BCUT2D eigenvalue weighted by atomic mass is 79.9. The summed E-state index contributed by atoms with van der Waals surface area (Å²) in [6.45, 7) is 0. The van der Waals surface area contributed by atoms with Crippen LogP contribution in [0.1, 0.15) is 11.9 Å². The monoisotopic (exact) mass is 453 g/mol. The second-order valence-electron chi connectivity index (χ2n) is 5.66. The van der Waals surface area contributed by atoms with Gasteiger partial charge >= 0.3 is 0 Å². The molecule has 0 bridgehead atoms. The normalized spacial score (nSPS) is 16.1. The van der Waals surface area contributed by atoms with Gasteiger partial charge in [-0.05, 0) is 46.3 Å². The molecular weight excluding hydrogens is 441 g/mol. The van der Waals surface area contributed by atoms with Crippen LogP contribution in [0.4, 0.5) is 10.1 Å². The molecule has 1 aromatic heterocycles. The second kappa shape index (κ2) is 6.37. The third kappa shape index (κ3) is 2.64. The number of nitrogens with zero attached hydrogens (tertiary/aromatic N) is 1. The zero-order valence-corrected chi connectivity index (χ0v) is 16.7. The van der Waals surface area contributed by atoms with Gasteiger partial charge in [-0.15, -0.1) is 11.3 Å². The largest absolute Gasteiger partial charge is 0.497 e. The molecule has 0 saturated heterocycles. The van der Waals surface area contributed by atoms with E-state index in [0.29, 0.717) is 22.6 Å². The Balaban J connectivity index is 1.90. The number of ether oxygens (including phenoxy) is 1. The summed E-state index contributed by atoms with van der Waals surface area (Å²) in [7, 11) is -2.59. The molecule has 0 amide bonds. The molecule has 134 valence electrons. The van der Waals surface area contributed by atoms with E-state index >= 15 is 4.39 Å². The summed E-state index contributed by atoms with van der Waals surface area (Å²) < 4.78 is 48.5. The Kier molecular flexibility index (Phi) is 4.29. The summed E-state index contributed by atoms with van der Waals surface area (Å²) in [6, 6.07) is 14.5. The average Bonchev–Trinajstić information content (AvgIpc) is 3.03. The Morgan fingerprint density at radius 1 is 1.15 bits per heavy atom. The maximum atomic E-state index is 15.4. The summed E-state index contributed by atoms with van der Waals surface area (Å²) in [5.41, 5.74) is 1.39. The number of hydrogen-bond acceptors (Lipinski definition) is 4. The van der Waals surface area contributed by atoms with Crippen molar-refractivity contribution >= 4 is 43.0 Å².